The Morgan fingerprint density at radius 1 is 1.18 bits per heavy atom. The van der Waals surface area contributed by atoms with Crippen LogP contribution in [0.2, 0.25) is 5.02 Å². The minimum absolute atomic E-state index is 0.0372. The third kappa shape index (κ3) is 3.25. The fourth-order valence-corrected chi connectivity index (χ4v) is 3.12. The number of hydrogen-bond donors (Lipinski definition) is 1. The summed E-state index contributed by atoms with van der Waals surface area (Å²) in [7, 11) is 3.38. The van der Waals surface area contributed by atoms with E-state index in [0.29, 0.717) is 29.2 Å². The van der Waals surface area contributed by atoms with Crippen LogP contribution >= 0.6 is 11.6 Å². The Hall–Kier alpha value is -3.19. The number of ether oxygens (including phenoxy) is 1. The second-order valence-electron chi connectivity index (χ2n) is 6.13. The Bertz CT molecular complexity index is 1140. The van der Waals surface area contributed by atoms with Gasteiger partial charge in [-0.3, -0.25) is 0 Å². The van der Waals surface area contributed by atoms with Gasteiger partial charge in [0.25, 0.3) is 0 Å². The summed E-state index contributed by atoms with van der Waals surface area (Å²) in [6.07, 6.45) is 1.59. The van der Waals surface area contributed by atoms with Gasteiger partial charge in [-0.2, -0.15) is 5.10 Å². The molecule has 28 heavy (non-hydrogen) atoms. The molecule has 0 saturated heterocycles. The van der Waals surface area contributed by atoms with E-state index < -0.39 is 5.82 Å². The Morgan fingerprint density at radius 2 is 1.96 bits per heavy atom. The molecule has 0 aliphatic heterocycles. The van der Waals surface area contributed by atoms with Crippen molar-refractivity contribution in [1.82, 2.24) is 19.7 Å². The lowest BCUT2D eigenvalue weighted by atomic mass is 10.1. The van der Waals surface area contributed by atoms with Gasteiger partial charge in [0, 0.05) is 12.6 Å². The number of nitrogens with one attached hydrogen (secondary N) is 1. The van der Waals surface area contributed by atoms with Crippen LogP contribution in [0.4, 0.5) is 10.2 Å². The Balaban J connectivity index is 1.86. The van der Waals surface area contributed by atoms with Crippen LogP contribution in [0.1, 0.15) is 5.56 Å². The molecule has 0 fully saturated rings. The van der Waals surface area contributed by atoms with Crippen molar-refractivity contribution in [3.8, 4) is 17.0 Å². The molecule has 0 spiro atoms. The molecule has 2 aromatic heterocycles. The smallest absolute Gasteiger partial charge is 0.179 e. The lowest BCUT2D eigenvalue weighted by Crippen LogP contribution is -2.04. The SMILES string of the molecule is CNc1cnc2c(-c3cccc(Cl)c3F)nn(Cc3ccc(OC)cc3)c2n1. The zero-order valence-electron chi connectivity index (χ0n) is 15.3. The van der Waals surface area contributed by atoms with Crippen LogP contribution < -0.4 is 10.1 Å². The summed E-state index contributed by atoms with van der Waals surface area (Å²) >= 11 is 5.96. The molecule has 4 rings (SSSR count). The number of anilines is 1. The van der Waals surface area contributed by atoms with E-state index in [2.05, 4.69) is 20.4 Å². The van der Waals surface area contributed by atoms with Gasteiger partial charge in [-0.05, 0) is 29.8 Å². The average Bonchev–Trinajstić information content (AvgIpc) is 3.08. The molecule has 0 aliphatic carbocycles. The van der Waals surface area contributed by atoms with Crippen LogP contribution in [0.25, 0.3) is 22.4 Å². The lowest BCUT2D eigenvalue weighted by molar-refractivity contribution is 0.414. The van der Waals surface area contributed by atoms with Crippen molar-refractivity contribution in [2.75, 3.05) is 19.5 Å². The highest BCUT2D eigenvalue weighted by molar-refractivity contribution is 6.31. The van der Waals surface area contributed by atoms with E-state index in [9.17, 15) is 4.39 Å². The highest BCUT2D eigenvalue weighted by atomic mass is 35.5. The second-order valence-corrected chi connectivity index (χ2v) is 6.54. The fraction of sp³-hybridized carbons (Fsp3) is 0.150. The van der Waals surface area contributed by atoms with Gasteiger partial charge < -0.3 is 10.1 Å². The van der Waals surface area contributed by atoms with Crippen LogP contribution in [0, 0.1) is 5.82 Å². The molecule has 8 heteroatoms. The zero-order valence-corrected chi connectivity index (χ0v) is 16.0. The maximum Gasteiger partial charge on any atom is 0.179 e. The van der Waals surface area contributed by atoms with E-state index in [1.165, 1.54) is 6.07 Å². The summed E-state index contributed by atoms with van der Waals surface area (Å²) in [5.41, 5.74) is 2.75. The van der Waals surface area contributed by atoms with Crippen molar-refractivity contribution >= 4 is 28.6 Å². The number of aromatic nitrogens is 4. The first-order chi connectivity index (χ1) is 13.6. The summed E-state index contributed by atoms with van der Waals surface area (Å²) in [6, 6.07) is 12.5. The number of methoxy groups -OCH3 is 1. The topological polar surface area (TPSA) is 64.9 Å². The molecule has 6 nitrogen and oxygen atoms in total. The van der Waals surface area contributed by atoms with Gasteiger partial charge >= 0.3 is 0 Å². The first-order valence-electron chi connectivity index (χ1n) is 8.59. The summed E-state index contributed by atoms with van der Waals surface area (Å²) in [5.74, 6) is 0.842. The molecule has 0 atom stereocenters. The number of fused-ring (bicyclic) bond motifs is 1. The molecule has 142 valence electrons. The Kier molecular flexibility index (Phi) is 4.83. The molecule has 2 heterocycles. The van der Waals surface area contributed by atoms with E-state index in [0.717, 1.165) is 11.3 Å². The number of benzene rings is 2. The van der Waals surface area contributed by atoms with E-state index in [1.807, 2.05) is 24.3 Å². The number of nitrogens with zero attached hydrogens (tertiary/aromatic N) is 4. The van der Waals surface area contributed by atoms with Crippen molar-refractivity contribution in [1.29, 1.82) is 0 Å². The van der Waals surface area contributed by atoms with E-state index in [1.54, 1.807) is 37.2 Å². The predicted molar refractivity (Wildman–Crippen MR) is 107 cm³/mol. The summed E-state index contributed by atoms with van der Waals surface area (Å²) in [6.45, 7) is 0.449. The first-order valence-corrected chi connectivity index (χ1v) is 8.97. The normalized spacial score (nSPS) is 11.0. The van der Waals surface area contributed by atoms with E-state index >= 15 is 0 Å². The van der Waals surface area contributed by atoms with Gasteiger partial charge in [0.05, 0.1) is 24.9 Å². The highest BCUT2D eigenvalue weighted by Gasteiger charge is 2.19. The lowest BCUT2D eigenvalue weighted by Gasteiger charge is -2.05. The summed E-state index contributed by atoms with van der Waals surface area (Å²) in [4.78, 5) is 9.02. The van der Waals surface area contributed by atoms with Crippen LogP contribution in [0.3, 0.4) is 0 Å². The van der Waals surface area contributed by atoms with Crippen molar-refractivity contribution in [3.05, 3.63) is 65.1 Å². The van der Waals surface area contributed by atoms with Gasteiger partial charge in [-0.1, -0.05) is 29.8 Å². The molecule has 4 aromatic rings. The van der Waals surface area contributed by atoms with Gasteiger partial charge in [0.15, 0.2) is 11.5 Å². The molecule has 0 bridgehead atoms. The van der Waals surface area contributed by atoms with Crippen molar-refractivity contribution in [3.63, 3.8) is 0 Å². The highest BCUT2D eigenvalue weighted by Crippen LogP contribution is 2.31. The number of hydrogen-bond acceptors (Lipinski definition) is 5. The second kappa shape index (κ2) is 7.44. The standard InChI is InChI=1S/C20H17ClFN5O/c1-23-16-10-24-19-18(14-4-3-5-15(21)17(14)22)26-27(20(19)25-16)11-12-6-8-13(28-2)9-7-12/h3-10H,11H2,1-2H3,(H,23,25). The van der Waals surface area contributed by atoms with Gasteiger partial charge in [0.1, 0.15) is 22.8 Å². The zero-order chi connectivity index (χ0) is 19.7. The molecule has 2 aromatic carbocycles. The first kappa shape index (κ1) is 18.2. The monoisotopic (exact) mass is 397 g/mol. The molecular weight excluding hydrogens is 381 g/mol. The maximum atomic E-state index is 14.6. The van der Waals surface area contributed by atoms with Gasteiger partial charge in [-0.15, -0.1) is 0 Å². The van der Waals surface area contributed by atoms with E-state index in [-0.39, 0.29) is 10.6 Å². The largest absolute Gasteiger partial charge is 0.497 e. The van der Waals surface area contributed by atoms with Crippen molar-refractivity contribution in [2.45, 2.75) is 6.54 Å². The molecule has 0 amide bonds. The summed E-state index contributed by atoms with van der Waals surface area (Å²) < 4.78 is 21.5. The minimum Gasteiger partial charge on any atom is -0.497 e. The quantitative estimate of drug-likeness (QED) is 0.541. The minimum atomic E-state index is -0.528. The fourth-order valence-electron chi connectivity index (χ4n) is 2.94. The van der Waals surface area contributed by atoms with Gasteiger partial charge in [0.2, 0.25) is 0 Å². The Labute approximate surface area is 166 Å². The molecule has 0 aliphatic rings. The number of rotatable bonds is 5. The third-order valence-corrected chi connectivity index (χ3v) is 4.69. The average molecular weight is 398 g/mol. The molecule has 1 N–H and O–H groups in total. The van der Waals surface area contributed by atoms with Crippen LogP contribution in [-0.2, 0) is 6.54 Å². The molecule has 0 unspecified atom stereocenters. The summed E-state index contributed by atoms with van der Waals surface area (Å²) in [5, 5.41) is 7.61. The van der Waals surface area contributed by atoms with Crippen LogP contribution in [-0.4, -0.2) is 33.9 Å². The van der Waals surface area contributed by atoms with Crippen LogP contribution in [0.15, 0.2) is 48.7 Å². The molecular formula is C20H17ClFN5O. The predicted octanol–water partition coefficient (Wildman–Crippen LogP) is 4.38. The Morgan fingerprint density at radius 3 is 2.68 bits per heavy atom. The van der Waals surface area contributed by atoms with Gasteiger partial charge in [-0.25, -0.2) is 19.0 Å². The number of halogens is 2. The van der Waals surface area contributed by atoms with Crippen LogP contribution in [0.5, 0.6) is 5.75 Å². The third-order valence-electron chi connectivity index (χ3n) is 4.40. The molecule has 0 saturated carbocycles. The van der Waals surface area contributed by atoms with E-state index in [4.69, 9.17) is 16.3 Å². The van der Waals surface area contributed by atoms with Crippen molar-refractivity contribution < 1.29 is 9.13 Å². The van der Waals surface area contributed by atoms with Crippen molar-refractivity contribution in [2.24, 2.45) is 0 Å². The maximum absolute atomic E-state index is 14.6. The molecule has 0 radical (unpaired) electrons.